The van der Waals surface area contributed by atoms with Crippen LogP contribution in [-0.2, 0) is 4.79 Å². The van der Waals surface area contributed by atoms with Crippen LogP contribution in [-0.4, -0.2) is 34.9 Å². The van der Waals surface area contributed by atoms with Crippen molar-refractivity contribution in [1.82, 2.24) is 5.43 Å². The number of amides is 1. The Labute approximate surface area is 178 Å². The van der Waals surface area contributed by atoms with Gasteiger partial charge in [0, 0.05) is 17.7 Å². The summed E-state index contributed by atoms with van der Waals surface area (Å²) in [5.74, 6) is 0.197. The van der Waals surface area contributed by atoms with Crippen molar-refractivity contribution >= 4 is 44.5 Å². The molecule has 0 fully saturated rings. The van der Waals surface area contributed by atoms with Gasteiger partial charge in [0.2, 0.25) is 6.10 Å². The van der Waals surface area contributed by atoms with Crippen LogP contribution in [0, 0.1) is 10.1 Å². The average Bonchev–Trinajstić information content (AvgIpc) is 2.74. The molecule has 3 aromatic rings. The van der Waals surface area contributed by atoms with Crippen molar-refractivity contribution in [2.45, 2.75) is 6.10 Å². The second-order valence-corrected chi connectivity index (χ2v) is 7.27. The molecule has 0 bridgehead atoms. The number of phenolic OH excluding ortho intramolecular Hbond substituents is 1. The van der Waals surface area contributed by atoms with E-state index in [0.717, 1.165) is 23.1 Å². The molecule has 0 spiro atoms. The Kier molecular flexibility index (Phi) is 5.23. The van der Waals surface area contributed by atoms with Gasteiger partial charge in [-0.15, -0.1) is 0 Å². The molecule has 1 amide bonds. The Bertz CT molecular complexity index is 1200. The van der Waals surface area contributed by atoms with Crippen molar-refractivity contribution < 1.29 is 24.3 Å². The topological polar surface area (TPSA) is 123 Å². The van der Waals surface area contributed by atoms with Gasteiger partial charge in [-0.1, -0.05) is 24.3 Å². The maximum atomic E-state index is 12.4. The van der Waals surface area contributed by atoms with E-state index in [0.29, 0.717) is 11.5 Å². The van der Waals surface area contributed by atoms with Gasteiger partial charge >= 0.3 is 0 Å². The number of ether oxygens (including phenoxy) is 2. The van der Waals surface area contributed by atoms with E-state index in [1.165, 1.54) is 6.07 Å². The molecule has 9 nitrogen and oxygen atoms in total. The second-order valence-electron chi connectivity index (χ2n) is 6.42. The van der Waals surface area contributed by atoms with E-state index in [1.54, 1.807) is 6.07 Å². The number of benzene rings is 3. The number of carbonyl (C=O) groups is 1. The van der Waals surface area contributed by atoms with Crippen LogP contribution >= 0.6 is 15.9 Å². The number of halogens is 1. The fraction of sp³-hybridized carbons (Fsp3) is 0.100. The predicted molar refractivity (Wildman–Crippen MR) is 112 cm³/mol. The number of nitrogens with one attached hydrogen (secondary N) is 1. The molecule has 0 saturated carbocycles. The fourth-order valence-electron chi connectivity index (χ4n) is 2.93. The predicted octanol–water partition coefficient (Wildman–Crippen LogP) is 3.51. The Hall–Kier alpha value is -3.66. The van der Waals surface area contributed by atoms with Crippen LogP contribution in [0.4, 0.5) is 5.69 Å². The van der Waals surface area contributed by atoms with Crippen LogP contribution in [0.5, 0.6) is 17.2 Å². The van der Waals surface area contributed by atoms with Gasteiger partial charge in [0.25, 0.3) is 11.6 Å². The van der Waals surface area contributed by atoms with Crippen molar-refractivity contribution in [1.29, 1.82) is 0 Å². The van der Waals surface area contributed by atoms with E-state index in [4.69, 9.17) is 9.47 Å². The van der Waals surface area contributed by atoms with Gasteiger partial charge < -0.3 is 14.6 Å². The van der Waals surface area contributed by atoms with Crippen molar-refractivity contribution in [2.24, 2.45) is 5.10 Å². The van der Waals surface area contributed by atoms with E-state index in [9.17, 15) is 20.0 Å². The highest BCUT2D eigenvalue weighted by atomic mass is 79.9. The summed E-state index contributed by atoms with van der Waals surface area (Å²) in [7, 11) is 0. The summed E-state index contributed by atoms with van der Waals surface area (Å²) >= 11 is 3.04. The van der Waals surface area contributed by atoms with Crippen LogP contribution in [0.2, 0.25) is 0 Å². The standard InChI is InChI=1S/C20H14BrN3O6/c21-15-8-14(24(27)28)5-13(19(15)25)9-22-23-20(26)18-10-29-16-6-11-3-1-2-4-12(11)7-17(16)30-18/h1-9,18,25H,10H2,(H,23,26)/b22-9+/t18-/m0/s1. The number of hydrogen-bond acceptors (Lipinski definition) is 7. The minimum Gasteiger partial charge on any atom is -0.506 e. The Balaban J connectivity index is 1.46. The molecule has 0 aromatic heterocycles. The molecule has 0 unspecified atom stereocenters. The minimum absolute atomic E-state index is 0.000298. The number of nitrogens with zero attached hydrogens (tertiary/aromatic N) is 2. The number of aromatic hydroxyl groups is 1. The highest BCUT2D eigenvalue weighted by Crippen LogP contribution is 2.36. The summed E-state index contributed by atoms with van der Waals surface area (Å²) in [6.45, 7) is 0.000298. The molecule has 3 aromatic carbocycles. The van der Waals surface area contributed by atoms with Gasteiger partial charge in [0.05, 0.1) is 15.6 Å². The lowest BCUT2D eigenvalue weighted by Gasteiger charge is -2.25. The molecule has 152 valence electrons. The molecule has 1 atom stereocenters. The number of hydrazone groups is 1. The Morgan fingerprint density at radius 1 is 1.23 bits per heavy atom. The van der Waals surface area contributed by atoms with Crippen molar-refractivity contribution in [3.05, 3.63) is 68.7 Å². The van der Waals surface area contributed by atoms with Crippen LogP contribution in [0.15, 0.2) is 58.1 Å². The Morgan fingerprint density at radius 3 is 2.63 bits per heavy atom. The molecule has 1 aliphatic heterocycles. The highest BCUT2D eigenvalue weighted by molar-refractivity contribution is 9.10. The monoisotopic (exact) mass is 471 g/mol. The van der Waals surface area contributed by atoms with Gasteiger partial charge in [-0.3, -0.25) is 14.9 Å². The number of rotatable bonds is 4. The summed E-state index contributed by atoms with van der Waals surface area (Å²) in [6.07, 6.45) is 0.178. The summed E-state index contributed by atoms with van der Waals surface area (Å²) in [5.41, 5.74) is 2.12. The number of carbonyl (C=O) groups excluding carboxylic acids is 1. The molecule has 2 N–H and O–H groups in total. The smallest absolute Gasteiger partial charge is 0.284 e. The maximum Gasteiger partial charge on any atom is 0.284 e. The first-order valence-electron chi connectivity index (χ1n) is 8.74. The number of nitro benzene ring substituents is 1. The zero-order valence-electron chi connectivity index (χ0n) is 15.2. The first-order valence-corrected chi connectivity index (χ1v) is 9.54. The van der Waals surface area contributed by atoms with Gasteiger partial charge in [-0.05, 0) is 38.8 Å². The van der Waals surface area contributed by atoms with Crippen molar-refractivity contribution in [3.8, 4) is 17.2 Å². The number of fused-ring (bicyclic) bond motifs is 2. The lowest BCUT2D eigenvalue weighted by atomic mass is 10.1. The quantitative estimate of drug-likeness (QED) is 0.341. The third-order valence-electron chi connectivity index (χ3n) is 4.43. The van der Waals surface area contributed by atoms with E-state index in [1.807, 2.05) is 30.3 Å². The molecule has 1 aliphatic rings. The summed E-state index contributed by atoms with van der Waals surface area (Å²) < 4.78 is 11.5. The lowest BCUT2D eigenvalue weighted by Crippen LogP contribution is -2.42. The van der Waals surface area contributed by atoms with Gasteiger partial charge in [0.15, 0.2) is 11.5 Å². The third kappa shape index (κ3) is 3.90. The fourth-order valence-corrected chi connectivity index (χ4v) is 3.40. The first-order chi connectivity index (χ1) is 14.4. The van der Waals surface area contributed by atoms with E-state index < -0.39 is 16.9 Å². The molecule has 1 heterocycles. The van der Waals surface area contributed by atoms with Gasteiger partial charge in [-0.25, -0.2) is 5.43 Å². The zero-order chi connectivity index (χ0) is 21.3. The van der Waals surface area contributed by atoms with Crippen molar-refractivity contribution in [2.75, 3.05) is 6.61 Å². The van der Waals surface area contributed by atoms with E-state index in [2.05, 4.69) is 26.5 Å². The normalized spacial score (nSPS) is 15.3. The second kappa shape index (κ2) is 7.99. The number of hydrogen-bond donors (Lipinski definition) is 2. The van der Waals surface area contributed by atoms with Crippen LogP contribution in [0.1, 0.15) is 5.56 Å². The molecule has 30 heavy (non-hydrogen) atoms. The van der Waals surface area contributed by atoms with Crippen LogP contribution in [0.3, 0.4) is 0 Å². The largest absolute Gasteiger partial charge is 0.506 e. The van der Waals surface area contributed by atoms with Crippen LogP contribution in [0.25, 0.3) is 10.8 Å². The zero-order valence-corrected chi connectivity index (χ0v) is 16.8. The first kappa shape index (κ1) is 19.6. The third-order valence-corrected chi connectivity index (χ3v) is 5.04. The number of non-ortho nitro benzene ring substituents is 1. The minimum atomic E-state index is -0.929. The molecular weight excluding hydrogens is 458 g/mol. The molecule has 4 rings (SSSR count). The van der Waals surface area contributed by atoms with Gasteiger partial charge in [-0.2, -0.15) is 5.10 Å². The SMILES string of the molecule is O=C(N/N=C/c1cc([N+](=O)[O-])cc(Br)c1O)[C@@H]1COc2cc3ccccc3cc2O1. The summed E-state index contributed by atoms with van der Waals surface area (Å²) in [6, 6.07) is 13.6. The van der Waals surface area contributed by atoms with Crippen LogP contribution < -0.4 is 14.9 Å². The summed E-state index contributed by atoms with van der Waals surface area (Å²) in [4.78, 5) is 22.7. The van der Waals surface area contributed by atoms with E-state index >= 15 is 0 Å². The maximum absolute atomic E-state index is 12.4. The Morgan fingerprint density at radius 2 is 1.93 bits per heavy atom. The average molecular weight is 472 g/mol. The van der Waals surface area contributed by atoms with Gasteiger partial charge in [0.1, 0.15) is 12.4 Å². The molecule has 0 saturated heterocycles. The molecule has 0 aliphatic carbocycles. The number of phenols is 1. The molecule has 0 radical (unpaired) electrons. The van der Waals surface area contributed by atoms with Crippen molar-refractivity contribution in [3.63, 3.8) is 0 Å². The molecule has 10 heteroatoms. The molecular formula is C20H14BrN3O6. The van der Waals surface area contributed by atoms with E-state index in [-0.39, 0.29) is 28.1 Å². The number of nitro groups is 1. The lowest BCUT2D eigenvalue weighted by molar-refractivity contribution is -0.385. The summed E-state index contributed by atoms with van der Waals surface area (Å²) in [5, 5.41) is 26.6. The highest BCUT2D eigenvalue weighted by Gasteiger charge is 2.27.